The Hall–Kier alpha value is -3.68. The Morgan fingerprint density at radius 2 is 1.91 bits per heavy atom. The van der Waals surface area contributed by atoms with E-state index in [-0.39, 0.29) is 11.9 Å². The number of H-pyrrole nitrogens is 1. The highest BCUT2D eigenvalue weighted by molar-refractivity contribution is 6.00. The van der Waals surface area contributed by atoms with Gasteiger partial charge in [-0.1, -0.05) is 0 Å². The number of ether oxygens (including phenoxy) is 1. The van der Waals surface area contributed by atoms with Gasteiger partial charge in [0.25, 0.3) is 0 Å². The number of nitrogens with zero attached hydrogens (tertiary/aromatic N) is 4. The number of hydrogen-bond acceptors (Lipinski definition) is 4. The molecule has 8 heteroatoms. The first-order chi connectivity index (χ1) is 15.7. The largest absolute Gasteiger partial charge is 0.444 e. The highest BCUT2D eigenvalue weighted by Gasteiger charge is 2.31. The molecule has 0 fully saturated rings. The molecule has 0 spiro atoms. The molecule has 1 aliphatic rings. The molecule has 4 heterocycles. The number of halogens is 1. The number of hydrogen-bond donors (Lipinski definition) is 1. The molecule has 0 saturated heterocycles. The van der Waals surface area contributed by atoms with Crippen molar-refractivity contribution in [1.82, 2.24) is 24.6 Å². The van der Waals surface area contributed by atoms with Crippen molar-refractivity contribution in [1.29, 1.82) is 0 Å². The third-order valence-corrected chi connectivity index (χ3v) is 5.79. The lowest BCUT2D eigenvalue weighted by atomic mass is 9.95. The van der Waals surface area contributed by atoms with Gasteiger partial charge in [0.15, 0.2) is 0 Å². The molecule has 1 amide bonds. The van der Waals surface area contributed by atoms with Gasteiger partial charge in [-0.3, -0.25) is 4.68 Å². The Labute approximate surface area is 191 Å². The summed E-state index contributed by atoms with van der Waals surface area (Å²) < 4.78 is 21.2. The number of fused-ring (bicyclic) bond motifs is 2. The molecule has 7 nitrogen and oxygen atoms in total. The maximum absolute atomic E-state index is 13.7. The van der Waals surface area contributed by atoms with E-state index in [4.69, 9.17) is 9.84 Å². The van der Waals surface area contributed by atoms with Crippen LogP contribution in [0.3, 0.4) is 0 Å². The highest BCUT2D eigenvalue weighted by atomic mass is 19.1. The van der Waals surface area contributed by atoms with Gasteiger partial charge in [0.1, 0.15) is 22.8 Å². The van der Waals surface area contributed by atoms with E-state index >= 15 is 0 Å². The summed E-state index contributed by atoms with van der Waals surface area (Å²) in [4.78, 5) is 22.2. The van der Waals surface area contributed by atoms with Crippen molar-refractivity contribution in [2.45, 2.75) is 46.4 Å². The summed E-state index contributed by atoms with van der Waals surface area (Å²) in [6, 6.07) is 8.32. The lowest BCUT2D eigenvalue weighted by Crippen LogP contribution is -2.41. The van der Waals surface area contributed by atoms with Crippen LogP contribution in [0, 0.1) is 12.7 Å². The van der Waals surface area contributed by atoms with Crippen LogP contribution in [-0.4, -0.2) is 42.9 Å². The highest BCUT2D eigenvalue weighted by Crippen LogP contribution is 2.40. The van der Waals surface area contributed by atoms with E-state index in [1.54, 1.807) is 23.2 Å². The van der Waals surface area contributed by atoms with Crippen LogP contribution in [0.15, 0.2) is 42.7 Å². The normalized spacial score (nSPS) is 13.9. The molecule has 4 aromatic rings. The van der Waals surface area contributed by atoms with Crippen molar-refractivity contribution < 1.29 is 13.9 Å². The minimum Gasteiger partial charge on any atom is -0.444 e. The summed E-state index contributed by atoms with van der Waals surface area (Å²) in [5.74, 6) is -0.298. The first-order valence-electron chi connectivity index (χ1n) is 11.0. The number of aryl methyl sites for hydroxylation is 1. The first-order valence-corrected chi connectivity index (χ1v) is 11.0. The smallest absolute Gasteiger partial charge is 0.410 e. The van der Waals surface area contributed by atoms with Crippen LogP contribution >= 0.6 is 0 Å². The van der Waals surface area contributed by atoms with Gasteiger partial charge in [0, 0.05) is 35.5 Å². The van der Waals surface area contributed by atoms with E-state index in [1.165, 1.54) is 12.1 Å². The standard InChI is InChI=1S/C25H26FN5O2/c1-15-13-28-23-20(15)18(9-10-27-23)21-19-14-30(24(32)33-25(2,3)4)11-12-31(19)29-22(21)16-5-7-17(26)8-6-16/h5-10,13H,11-12,14H2,1-4H3,(H,27,28). The lowest BCUT2D eigenvalue weighted by Gasteiger charge is -2.31. The predicted molar refractivity (Wildman–Crippen MR) is 124 cm³/mol. The zero-order chi connectivity index (χ0) is 23.3. The predicted octanol–water partition coefficient (Wildman–Crippen LogP) is 5.29. The molecule has 1 aromatic carbocycles. The average Bonchev–Trinajstić information content (AvgIpc) is 3.33. The van der Waals surface area contributed by atoms with E-state index in [0.717, 1.165) is 44.7 Å². The van der Waals surface area contributed by atoms with Crippen LogP contribution < -0.4 is 0 Å². The van der Waals surface area contributed by atoms with Crippen molar-refractivity contribution >= 4 is 17.1 Å². The van der Waals surface area contributed by atoms with Crippen LogP contribution in [-0.2, 0) is 17.8 Å². The molecule has 1 N–H and O–H groups in total. The van der Waals surface area contributed by atoms with E-state index in [0.29, 0.717) is 19.6 Å². The van der Waals surface area contributed by atoms with Crippen LogP contribution in [0.5, 0.6) is 0 Å². The van der Waals surface area contributed by atoms with Gasteiger partial charge in [0.2, 0.25) is 0 Å². The van der Waals surface area contributed by atoms with Gasteiger partial charge in [0.05, 0.1) is 18.8 Å². The van der Waals surface area contributed by atoms with Crippen LogP contribution in [0.4, 0.5) is 9.18 Å². The van der Waals surface area contributed by atoms with Gasteiger partial charge < -0.3 is 14.6 Å². The van der Waals surface area contributed by atoms with Crippen LogP contribution in [0.2, 0.25) is 0 Å². The first kappa shape index (κ1) is 21.2. The van der Waals surface area contributed by atoms with Crippen molar-refractivity contribution in [3.63, 3.8) is 0 Å². The molecule has 0 saturated carbocycles. The Morgan fingerprint density at radius 1 is 1.15 bits per heavy atom. The summed E-state index contributed by atoms with van der Waals surface area (Å²) >= 11 is 0. The maximum atomic E-state index is 13.7. The number of aromatic amines is 1. The summed E-state index contributed by atoms with van der Waals surface area (Å²) in [5, 5.41) is 5.91. The third-order valence-electron chi connectivity index (χ3n) is 5.79. The molecular formula is C25H26FN5O2. The molecule has 0 bridgehead atoms. The number of pyridine rings is 1. The molecule has 0 atom stereocenters. The van der Waals surface area contributed by atoms with E-state index < -0.39 is 5.60 Å². The van der Waals surface area contributed by atoms with Gasteiger partial charge >= 0.3 is 6.09 Å². The van der Waals surface area contributed by atoms with Gasteiger partial charge in [-0.05, 0) is 69.2 Å². The third kappa shape index (κ3) is 3.86. The summed E-state index contributed by atoms with van der Waals surface area (Å²) in [7, 11) is 0. The maximum Gasteiger partial charge on any atom is 0.410 e. The zero-order valence-electron chi connectivity index (χ0n) is 19.1. The van der Waals surface area contributed by atoms with E-state index in [1.807, 2.05) is 44.6 Å². The van der Waals surface area contributed by atoms with E-state index in [9.17, 15) is 9.18 Å². The van der Waals surface area contributed by atoms with Gasteiger partial charge in [-0.2, -0.15) is 5.10 Å². The Morgan fingerprint density at radius 3 is 2.64 bits per heavy atom. The second-order valence-electron chi connectivity index (χ2n) is 9.36. The second-order valence-corrected chi connectivity index (χ2v) is 9.36. The van der Waals surface area contributed by atoms with Crippen LogP contribution in [0.25, 0.3) is 33.4 Å². The fourth-order valence-electron chi connectivity index (χ4n) is 4.32. The molecule has 0 radical (unpaired) electrons. The van der Waals surface area contributed by atoms with Crippen molar-refractivity contribution in [2.75, 3.05) is 6.54 Å². The summed E-state index contributed by atoms with van der Waals surface area (Å²) in [5.41, 5.74) is 5.66. The minimum absolute atomic E-state index is 0.298. The monoisotopic (exact) mass is 447 g/mol. The number of carbonyl (C=O) groups excluding carboxylic acids is 1. The topological polar surface area (TPSA) is 76.0 Å². The second kappa shape index (κ2) is 7.72. The average molecular weight is 448 g/mol. The minimum atomic E-state index is -0.573. The molecule has 170 valence electrons. The molecular weight excluding hydrogens is 421 g/mol. The number of rotatable bonds is 2. The molecule has 1 aliphatic heterocycles. The molecule has 33 heavy (non-hydrogen) atoms. The molecule has 0 aliphatic carbocycles. The van der Waals surface area contributed by atoms with Gasteiger partial charge in [-0.25, -0.2) is 14.2 Å². The molecule has 5 rings (SSSR count). The fourth-order valence-corrected chi connectivity index (χ4v) is 4.32. The Balaban J connectivity index is 1.68. The van der Waals surface area contributed by atoms with Crippen molar-refractivity contribution in [2.24, 2.45) is 0 Å². The van der Waals surface area contributed by atoms with Crippen molar-refractivity contribution in [3.8, 4) is 22.4 Å². The number of amides is 1. The fraction of sp³-hybridized carbons (Fsp3) is 0.320. The number of carbonyl (C=O) groups is 1. The molecule has 3 aromatic heterocycles. The lowest BCUT2D eigenvalue weighted by molar-refractivity contribution is 0.0195. The van der Waals surface area contributed by atoms with Crippen molar-refractivity contribution in [3.05, 3.63) is 59.8 Å². The quantitative estimate of drug-likeness (QED) is 0.453. The van der Waals surface area contributed by atoms with Crippen LogP contribution in [0.1, 0.15) is 32.0 Å². The zero-order valence-corrected chi connectivity index (χ0v) is 19.1. The molecule has 0 unspecified atom stereocenters. The Kier molecular flexibility index (Phi) is 4.96. The Bertz CT molecular complexity index is 1350. The van der Waals surface area contributed by atoms with Gasteiger partial charge in [-0.15, -0.1) is 0 Å². The van der Waals surface area contributed by atoms with E-state index in [2.05, 4.69) is 9.97 Å². The number of nitrogens with one attached hydrogen (secondary N) is 1. The SMILES string of the molecule is Cc1c[nH]c2nccc(-c3c(-c4ccc(F)cc4)nn4c3CN(C(=O)OC(C)(C)C)CC4)c12. The number of aromatic nitrogens is 4. The summed E-state index contributed by atoms with van der Waals surface area (Å²) in [6.45, 7) is 9.03. The number of benzene rings is 1. The summed E-state index contributed by atoms with van der Waals surface area (Å²) in [6.07, 6.45) is 3.35.